The molecule has 2 aromatic rings. The summed E-state index contributed by atoms with van der Waals surface area (Å²) in [6.45, 7) is 3.86. The van der Waals surface area contributed by atoms with Crippen LogP contribution in [0.3, 0.4) is 0 Å². The highest BCUT2D eigenvalue weighted by molar-refractivity contribution is 9.10. The van der Waals surface area contributed by atoms with Gasteiger partial charge in [0, 0.05) is 29.0 Å². The van der Waals surface area contributed by atoms with Crippen molar-refractivity contribution in [2.45, 2.75) is 19.9 Å². The van der Waals surface area contributed by atoms with Gasteiger partial charge in [-0.1, -0.05) is 34.5 Å². The van der Waals surface area contributed by atoms with E-state index in [2.05, 4.69) is 38.1 Å². The molecule has 1 aromatic carbocycles. The van der Waals surface area contributed by atoms with Crippen LogP contribution in [-0.2, 0) is 6.54 Å². The smallest absolute Gasteiger partial charge is 0.321 e. The van der Waals surface area contributed by atoms with E-state index in [1.54, 1.807) is 24.5 Å². The van der Waals surface area contributed by atoms with E-state index in [-0.39, 0.29) is 6.01 Å². The summed E-state index contributed by atoms with van der Waals surface area (Å²) in [4.78, 5) is 8.35. The van der Waals surface area contributed by atoms with Crippen LogP contribution in [-0.4, -0.2) is 16.5 Å². The van der Waals surface area contributed by atoms with Gasteiger partial charge in [-0.25, -0.2) is 9.97 Å². The van der Waals surface area contributed by atoms with E-state index in [1.165, 1.54) is 0 Å². The number of benzene rings is 1. The van der Waals surface area contributed by atoms with Crippen molar-refractivity contribution in [1.82, 2.24) is 15.3 Å². The summed E-state index contributed by atoms with van der Waals surface area (Å²) in [7, 11) is 0. The Morgan fingerprint density at radius 2 is 2.05 bits per heavy atom. The molecule has 1 aromatic heterocycles. The minimum atomic E-state index is 0.282. The van der Waals surface area contributed by atoms with E-state index in [0.717, 1.165) is 29.5 Å². The van der Waals surface area contributed by atoms with Gasteiger partial charge in [0.1, 0.15) is 0 Å². The molecule has 0 aliphatic rings. The topological polar surface area (TPSA) is 47.0 Å². The Bertz CT molecular complexity index is 563. The van der Waals surface area contributed by atoms with Crippen molar-refractivity contribution in [3.8, 4) is 11.8 Å². The average molecular weight is 357 g/mol. The van der Waals surface area contributed by atoms with Gasteiger partial charge in [-0.05, 0) is 31.2 Å². The van der Waals surface area contributed by atoms with Gasteiger partial charge in [-0.2, -0.15) is 0 Å². The van der Waals surface area contributed by atoms with Gasteiger partial charge in [-0.3, -0.25) is 0 Å². The number of aromatic nitrogens is 2. The van der Waals surface area contributed by atoms with Crippen LogP contribution in [0, 0.1) is 0 Å². The second kappa shape index (κ2) is 7.57. The van der Waals surface area contributed by atoms with Crippen LogP contribution in [0.25, 0.3) is 0 Å². The summed E-state index contributed by atoms with van der Waals surface area (Å²) in [6.07, 6.45) is 4.59. The van der Waals surface area contributed by atoms with Crippen LogP contribution in [0.4, 0.5) is 0 Å². The molecule has 0 aliphatic heterocycles. The average Bonchev–Trinajstić information content (AvgIpc) is 2.45. The zero-order chi connectivity index (χ0) is 14.4. The molecular formula is C14H15BrClN3O. The molecule has 0 fully saturated rings. The summed E-state index contributed by atoms with van der Waals surface area (Å²) in [5, 5.41) is 3.81. The van der Waals surface area contributed by atoms with E-state index < -0.39 is 0 Å². The zero-order valence-corrected chi connectivity index (χ0v) is 13.4. The van der Waals surface area contributed by atoms with Gasteiger partial charge >= 0.3 is 6.01 Å². The summed E-state index contributed by atoms with van der Waals surface area (Å²) in [6, 6.07) is 5.66. The molecule has 0 bridgehead atoms. The minimum absolute atomic E-state index is 0.282. The maximum Gasteiger partial charge on any atom is 0.321 e. The fourth-order valence-corrected chi connectivity index (χ4v) is 2.05. The van der Waals surface area contributed by atoms with Crippen LogP contribution >= 0.6 is 27.5 Å². The van der Waals surface area contributed by atoms with Crippen LogP contribution in [0.15, 0.2) is 35.1 Å². The van der Waals surface area contributed by atoms with Crippen molar-refractivity contribution >= 4 is 27.5 Å². The van der Waals surface area contributed by atoms with Crippen LogP contribution in [0.2, 0.25) is 5.02 Å². The maximum absolute atomic E-state index is 6.05. The maximum atomic E-state index is 6.05. The summed E-state index contributed by atoms with van der Waals surface area (Å²) < 4.78 is 6.45. The van der Waals surface area contributed by atoms with Crippen molar-refractivity contribution in [1.29, 1.82) is 0 Å². The fourth-order valence-electron chi connectivity index (χ4n) is 1.55. The second-order valence-electron chi connectivity index (χ2n) is 4.23. The van der Waals surface area contributed by atoms with E-state index in [9.17, 15) is 0 Å². The normalized spacial score (nSPS) is 10.6. The first kappa shape index (κ1) is 15.2. The Hall–Kier alpha value is -1.17. The van der Waals surface area contributed by atoms with Gasteiger partial charge < -0.3 is 10.1 Å². The number of ether oxygens (including phenoxy) is 1. The Morgan fingerprint density at radius 3 is 2.75 bits per heavy atom. The van der Waals surface area contributed by atoms with Gasteiger partial charge in [0.25, 0.3) is 0 Å². The number of halogens is 2. The van der Waals surface area contributed by atoms with E-state index >= 15 is 0 Å². The highest BCUT2D eigenvalue weighted by Crippen LogP contribution is 2.30. The Labute approximate surface area is 131 Å². The molecule has 0 saturated heterocycles. The quantitative estimate of drug-likeness (QED) is 0.789. The van der Waals surface area contributed by atoms with Crippen molar-refractivity contribution in [3.05, 3.63) is 45.7 Å². The predicted octanol–water partition coefficient (Wildman–Crippen LogP) is 4.18. The third-order valence-corrected chi connectivity index (χ3v) is 3.34. The molecule has 1 heterocycles. The first-order chi connectivity index (χ1) is 9.69. The SMILES string of the molecule is CCCNCc1cnc(Oc2cc(Br)ccc2Cl)nc1. The van der Waals surface area contributed by atoms with Gasteiger partial charge in [0.05, 0.1) is 5.02 Å². The molecule has 0 saturated carbocycles. The monoisotopic (exact) mass is 355 g/mol. The highest BCUT2D eigenvalue weighted by Gasteiger charge is 2.06. The first-order valence-corrected chi connectivity index (χ1v) is 7.50. The van der Waals surface area contributed by atoms with E-state index in [4.69, 9.17) is 16.3 Å². The Morgan fingerprint density at radius 1 is 1.30 bits per heavy atom. The van der Waals surface area contributed by atoms with E-state index in [0.29, 0.717) is 10.8 Å². The number of hydrogen-bond donors (Lipinski definition) is 1. The molecule has 4 nitrogen and oxygen atoms in total. The summed E-state index contributed by atoms with van der Waals surface area (Å²) in [5.74, 6) is 0.526. The van der Waals surface area contributed by atoms with Crippen LogP contribution in [0.5, 0.6) is 11.8 Å². The fraction of sp³-hybridized carbons (Fsp3) is 0.286. The molecule has 0 unspecified atom stereocenters. The lowest BCUT2D eigenvalue weighted by Crippen LogP contribution is -2.14. The summed E-state index contributed by atoms with van der Waals surface area (Å²) in [5.41, 5.74) is 1.02. The van der Waals surface area contributed by atoms with Crippen molar-refractivity contribution in [2.75, 3.05) is 6.54 Å². The molecule has 0 aliphatic carbocycles. The minimum Gasteiger partial charge on any atom is -0.423 e. The van der Waals surface area contributed by atoms with E-state index in [1.807, 2.05) is 6.07 Å². The standard InChI is InChI=1S/C14H15BrClN3O/c1-2-5-17-7-10-8-18-14(19-9-10)20-13-6-11(15)3-4-12(13)16/h3-4,6,8-9,17H,2,5,7H2,1H3. The lowest BCUT2D eigenvalue weighted by molar-refractivity contribution is 0.440. The number of rotatable bonds is 6. The van der Waals surface area contributed by atoms with Crippen molar-refractivity contribution in [2.24, 2.45) is 0 Å². The Kier molecular flexibility index (Phi) is 5.76. The van der Waals surface area contributed by atoms with Crippen molar-refractivity contribution < 1.29 is 4.74 Å². The molecule has 106 valence electrons. The molecule has 0 spiro atoms. The second-order valence-corrected chi connectivity index (χ2v) is 5.55. The third-order valence-electron chi connectivity index (χ3n) is 2.53. The number of nitrogens with one attached hydrogen (secondary N) is 1. The Balaban J connectivity index is 2.01. The van der Waals surface area contributed by atoms with Gasteiger partial charge in [-0.15, -0.1) is 0 Å². The lowest BCUT2D eigenvalue weighted by Gasteiger charge is -2.07. The third kappa shape index (κ3) is 4.44. The predicted molar refractivity (Wildman–Crippen MR) is 83.3 cm³/mol. The summed E-state index contributed by atoms with van der Waals surface area (Å²) >= 11 is 9.42. The largest absolute Gasteiger partial charge is 0.423 e. The van der Waals surface area contributed by atoms with Gasteiger partial charge in [0.15, 0.2) is 5.75 Å². The molecule has 6 heteroatoms. The molecule has 2 rings (SSSR count). The highest BCUT2D eigenvalue weighted by atomic mass is 79.9. The lowest BCUT2D eigenvalue weighted by atomic mass is 10.3. The zero-order valence-electron chi connectivity index (χ0n) is 11.1. The molecule has 0 atom stereocenters. The number of hydrogen-bond acceptors (Lipinski definition) is 4. The van der Waals surface area contributed by atoms with Crippen LogP contribution < -0.4 is 10.1 Å². The van der Waals surface area contributed by atoms with Crippen LogP contribution in [0.1, 0.15) is 18.9 Å². The van der Waals surface area contributed by atoms with Gasteiger partial charge in [0.2, 0.25) is 0 Å². The molecule has 0 amide bonds. The molecule has 1 N–H and O–H groups in total. The number of nitrogens with zero attached hydrogens (tertiary/aromatic N) is 2. The molecular weight excluding hydrogens is 342 g/mol. The molecule has 20 heavy (non-hydrogen) atoms. The molecule has 0 radical (unpaired) electrons. The van der Waals surface area contributed by atoms with Crippen molar-refractivity contribution in [3.63, 3.8) is 0 Å². The first-order valence-electron chi connectivity index (χ1n) is 6.33.